The molecule has 0 saturated heterocycles. The Hall–Kier alpha value is -3.06. The monoisotopic (exact) mass is 526 g/mol. The van der Waals surface area contributed by atoms with Crippen LogP contribution in [0.15, 0.2) is 59.5 Å². The lowest BCUT2D eigenvalue weighted by molar-refractivity contribution is 0.618. The summed E-state index contributed by atoms with van der Waals surface area (Å²) in [5, 5.41) is 3.60. The molecule has 0 spiro atoms. The molecule has 2 atom stereocenters. The van der Waals surface area contributed by atoms with Gasteiger partial charge in [0.1, 0.15) is 11.6 Å². The molecule has 38 heavy (non-hydrogen) atoms. The molecule has 1 aliphatic carbocycles. The lowest BCUT2D eigenvalue weighted by atomic mass is 10.1. The predicted molar refractivity (Wildman–Crippen MR) is 154 cm³/mol. The van der Waals surface area contributed by atoms with Crippen LogP contribution in [0.5, 0.6) is 0 Å². The number of nitrogens with one attached hydrogen (secondary N) is 1. The Morgan fingerprint density at radius 1 is 1.00 bits per heavy atom. The maximum absolute atomic E-state index is 13.4. The molecule has 7 heteroatoms. The van der Waals surface area contributed by atoms with E-state index in [1.54, 1.807) is 16.7 Å². The minimum atomic E-state index is -0.288. The van der Waals surface area contributed by atoms with E-state index < -0.39 is 0 Å². The predicted octanol–water partition coefficient (Wildman–Crippen LogP) is 6.55. The van der Waals surface area contributed by atoms with Crippen molar-refractivity contribution in [3.63, 3.8) is 0 Å². The summed E-state index contributed by atoms with van der Waals surface area (Å²) < 4.78 is 28.3. The number of nitrogens with zero attached hydrogens (tertiary/aromatic N) is 3. The number of hydrogen-bond acceptors (Lipinski definition) is 4. The van der Waals surface area contributed by atoms with Gasteiger partial charge in [0.2, 0.25) is 0 Å². The van der Waals surface area contributed by atoms with Gasteiger partial charge in [-0.15, -0.1) is 0 Å². The van der Waals surface area contributed by atoms with Crippen molar-refractivity contribution in [2.24, 2.45) is 0 Å². The molecular formula is C31H44F2N4O. The zero-order valence-electron chi connectivity index (χ0n) is 23.2. The van der Waals surface area contributed by atoms with Crippen molar-refractivity contribution in [3.05, 3.63) is 93.5 Å². The van der Waals surface area contributed by atoms with Gasteiger partial charge in [0.15, 0.2) is 5.82 Å². The molecule has 1 fully saturated rings. The number of halogens is 2. The zero-order chi connectivity index (χ0) is 27.5. The van der Waals surface area contributed by atoms with Crippen LogP contribution in [0.3, 0.4) is 0 Å². The first-order chi connectivity index (χ1) is 18.5. The fourth-order valence-corrected chi connectivity index (χ4v) is 4.73. The summed E-state index contributed by atoms with van der Waals surface area (Å²) in [7, 11) is 0. The van der Waals surface area contributed by atoms with Crippen LogP contribution in [0.25, 0.3) is 0 Å². The van der Waals surface area contributed by atoms with Crippen molar-refractivity contribution in [3.8, 4) is 0 Å². The summed E-state index contributed by atoms with van der Waals surface area (Å²) in [6.07, 6.45) is 6.44. The Morgan fingerprint density at radius 3 is 2.21 bits per heavy atom. The zero-order valence-corrected chi connectivity index (χ0v) is 23.2. The summed E-state index contributed by atoms with van der Waals surface area (Å²) in [5.41, 5.74) is 2.83. The smallest absolute Gasteiger partial charge is 0.293 e. The summed E-state index contributed by atoms with van der Waals surface area (Å²) in [6.45, 7) is 11.0. The average Bonchev–Trinajstić information content (AvgIpc) is 3.70. The van der Waals surface area contributed by atoms with Crippen molar-refractivity contribution in [2.75, 3.05) is 24.5 Å². The third-order valence-electron chi connectivity index (χ3n) is 6.66. The maximum Gasteiger partial charge on any atom is 0.293 e. The molecular weight excluding hydrogens is 482 g/mol. The van der Waals surface area contributed by atoms with Gasteiger partial charge in [-0.2, -0.15) is 0 Å². The highest BCUT2D eigenvalue weighted by atomic mass is 19.1. The van der Waals surface area contributed by atoms with Crippen LogP contribution < -0.4 is 15.8 Å². The standard InChI is InChI=1S/C29H36F2N4O.C2H6.H2/c1-3-16-34(17-4-2)28-29(36)35(19-21-7-11-23(30)12-8-21)20-25(33-28)6-5-15-32-27-18-26(27)22-9-13-24(31)14-10-22;1-2;/h7-14,20,26-27,32H,3-6,15-19H2,1-2H3;1-2H3;1H/t26-,27+;;/m0../s1. The Balaban J connectivity index is 0.00000174. The molecule has 1 aromatic heterocycles. The number of benzene rings is 2. The molecule has 4 rings (SSSR count). The van der Waals surface area contributed by atoms with Crippen LogP contribution in [0.2, 0.25) is 0 Å². The van der Waals surface area contributed by atoms with Crippen LogP contribution in [-0.2, 0) is 13.0 Å². The van der Waals surface area contributed by atoms with E-state index in [0.717, 1.165) is 63.0 Å². The molecule has 3 aromatic rings. The van der Waals surface area contributed by atoms with Crippen molar-refractivity contribution < 1.29 is 10.2 Å². The fraction of sp³-hybridized carbons (Fsp3) is 0.484. The third-order valence-corrected chi connectivity index (χ3v) is 6.66. The van der Waals surface area contributed by atoms with E-state index in [0.29, 0.717) is 24.3 Å². The molecule has 1 saturated carbocycles. The SMILES string of the molecule is CC.CCCN(CCC)c1nc(CCCN[C@@H]2C[C@H]2c2ccc(F)cc2)cn(Cc2ccc(F)cc2)c1=O.[HH]. The molecule has 0 bridgehead atoms. The second-order valence-corrected chi connectivity index (χ2v) is 9.66. The molecule has 0 amide bonds. The Kier molecular flexibility index (Phi) is 11.5. The average molecular weight is 527 g/mol. The summed E-state index contributed by atoms with van der Waals surface area (Å²) in [5.74, 6) is 0.464. The van der Waals surface area contributed by atoms with Crippen LogP contribution in [0, 0.1) is 11.6 Å². The first-order valence-electron chi connectivity index (χ1n) is 14.1. The Labute approximate surface area is 227 Å². The first-order valence-corrected chi connectivity index (χ1v) is 14.1. The van der Waals surface area contributed by atoms with Gasteiger partial charge in [-0.05, 0) is 74.0 Å². The van der Waals surface area contributed by atoms with Crippen molar-refractivity contribution in [1.82, 2.24) is 14.9 Å². The topological polar surface area (TPSA) is 50.2 Å². The quantitative estimate of drug-likeness (QED) is 0.257. The van der Waals surface area contributed by atoms with E-state index in [-0.39, 0.29) is 18.6 Å². The van der Waals surface area contributed by atoms with Gasteiger partial charge >= 0.3 is 0 Å². The van der Waals surface area contributed by atoms with Gasteiger partial charge in [-0.1, -0.05) is 52.0 Å². The molecule has 0 aliphatic heterocycles. The van der Waals surface area contributed by atoms with E-state index in [1.165, 1.54) is 29.8 Å². The second kappa shape index (κ2) is 14.8. The first kappa shape index (κ1) is 29.5. The minimum Gasteiger partial charge on any atom is -0.352 e. The lowest BCUT2D eigenvalue weighted by Crippen LogP contribution is -2.35. The van der Waals surface area contributed by atoms with Gasteiger partial charge < -0.3 is 14.8 Å². The number of anilines is 1. The van der Waals surface area contributed by atoms with E-state index in [1.807, 2.05) is 32.2 Å². The van der Waals surface area contributed by atoms with Crippen LogP contribution in [-0.4, -0.2) is 35.2 Å². The van der Waals surface area contributed by atoms with E-state index >= 15 is 0 Å². The molecule has 0 radical (unpaired) electrons. The van der Waals surface area contributed by atoms with Gasteiger partial charge in [0.05, 0.1) is 12.2 Å². The summed E-state index contributed by atoms with van der Waals surface area (Å²) in [6, 6.07) is 13.5. The van der Waals surface area contributed by atoms with E-state index in [4.69, 9.17) is 4.98 Å². The highest BCUT2D eigenvalue weighted by molar-refractivity contribution is 5.37. The molecule has 1 N–H and O–H groups in total. The molecule has 1 heterocycles. The molecule has 2 aromatic carbocycles. The minimum absolute atomic E-state index is 0. The molecule has 0 unspecified atom stereocenters. The van der Waals surface area contributed by atoms with Crippen molar-refractivity contribution in [2.45, 2.75) is 78.3 Å². The Bertz CT molecular complexity index is 1180. The highest BCUT2D eigenvalue weighted by Crippen LogP contribution is 2.40. The normalized spacial score (nSPS) is 16.1. The molecule has 208 valence electrons. The number of rotatable bonds is 13. The third kappa shape index (κ3) is 8.22. The van der Waals surface area contributed by atoms with Crippen molar-refractivity contribution in [1.29, 1.82) is 0 Å². The largest absolute Gasteiger partial charge is 0.352 e. The second-order valence-electron chi connectivity index (χ2n) is 9.66. The van der Waals surface area contributed by atoms with Gasteiger partial charge in [0, 0.05) is 32.7 Å². The number of hydrogen-bond donors (Lipinski definition) is 1. The Morgan fingerprint density at radius 2 is 1.61 bits per heavy atom. The van der Waals surface area contributed by atoms with E-state index in [9.17, 15) is 13.6 Å². The summed E-state index contributed by atoms with van der Waals surface area (Å²) >= 11 is 0. The molecule has 1 aliphatic rings. The summed E-state index contributed by atoms with van der Waals surface area (Å²) in [4.78, 5) is 20.2. The van der Waals surface area contributed by atoms with Crippen LogP contribution in [0.4, 0.5) is 14.6 Å². The van der Waals surface area contributed by atoms with Crippen molar-refractivity contribution >= 4 is 5.82 Å². The van der Waals surface area contributed by atoms with Gasteiger partial charge in [0.25, 0.3) is 5.56 Å². The van der Waals surface area contributed by atoms with Gasteiger partial charge in [-0.3, -0.25) is 4.79 Å². The van der Waals surface area contributed by atoms with Crippen LogP contribution >= 0.6 is 0 Å². The molecule has 5 nitrogen and oxygen atoms in total. The number of aromatic nitrogens is 2. The highest BCUT2D eigenvalue weighted by Gasteiger charge is 2.37. The van der Waals surface area contributed by atoms with Crippen LogP contribution in [0.1, 0.15) is 77.5 Å². The maximum atomic E-state index is 13.4. The number of aryl methyl sites for hydroxylation is 1. The fourth-order valence-electron chi connectivity index (χ4n) is 4.73. The van der Waals surface area contributed by atoms with Gasteiger partial charge in [-0.25, -0.2) is 13.8 Å². The van der Waals surface area contributed by atoms with E-state index in [2.05, 4.69) is 24.1 Å². The lowest BCUT2D eigenvalue weighted by Gasteiger charge is -2.23.